The summed E-state index contributed by atoms with van der Waals surface area (Å²) in [5.41, 5.74) is 2.82. The molecule has 0 bridgehead atoms. The number of halogens is 1. The van der Waals surface area contributed by atoms with Crippen LogP contribution >= 0.6 is 11.6 Å². The predicted octanol–water partition coefficient (Wildman–Crippen LogP) is 2.07. The van der Waals surface area contributed by atoms with Crippen LogP contribution < -0.4 is 4.74 Å². The zero-order valence-corrected chi connectivity index (χ0v) is 13.8. The Morgan fingerprint density at radius 1 is 1.52 bits per heavy atom. The number of carbonyl (C=O) groups is 1. The fourth-order valence-electron chi connectivity index (χ4n) is 3.12. The molecule has 0 spiro atoms. The number of carbonyl (C=O) groups excluding carboxylic acids is 1. The van der Waals surface area contributed by atoms with E-state index >= 15 is 0 Å². The summed E-state index contributed by atoms with van der Waals surface area (Å²) in [6, 6.07) is 3.19. The Kier molecular flexibility index (Phi) is 4.48. The van der Waals surface area contributed by atoms with Crippen molar-refractivity contribution in [2.45, 2.75) is 25.9 Å². The molecule has 1 aromatic carbocycles. The largest absolute Gasteiger partial charge is 0.495 e. The highest BCUT2D eigenvalue weighted by Crippen LogP contribution is 2.39. The fraction of sp³-hybridized carbons (Fsp3) is 0.438. The Hall–Kier alpha value is -1.76. The van der Waals surface area contributed by atoms with Gasteiger partial charge >= 0.3 is 5.97 Å². The quantitative estimate of drug-likeness (QED) is 0.835. The van der Waals surface area contributed by atoms with Crippen molar-refractivity contribution in [2.24, 2.45) is 0 Å². The second-order valence-corrected chi connectivity index (χ2v) is 5.82. The number of aromatic amines is 1. The van der Waals surface area contributed by atoms with Gasteiger partial charge in [0.25, 0.3) is 0 Å². The van der Waals surface area contributed by atoms with Crippen LogP contribution in [0.4, 0.5) is 0 Å². The number of ether oxygens (including phenoxy) is 2. The normalized spacial score (nSPS) is 18.0. The second-order valence-electron chi connectivity index (χ2n) is 5.45. The predicted molar refractivity (Wildman–Crippen MR) is 86.6 cm³/mol. The molecular formula is C16H19ClN2O4. The van der Waals surface area contributed by atoms with E-state index in [2.05, 4.69) is 4.98 Å². The lowest BCUT2D eigenvalue weighted by Gasteiger charge is -2.32. The summed E-state index contributed by atoms with van der Waals surface area (Å²) in [4.78, 5) is 17.2. The number of nitrogens with one attached hydrogen (secondary N) is 1. The highest BCUT2D eigenvalue weighted by atomic mass is 35.5. The van der Waals surface area contributed by atoms with Crippen LogP contribution in [0.25, 0.3) is 10.9 Å². The Morgan fingerprint density at radius 3 is 2.96 bits per heavy atom. The number of aliphatic hydroxyl groups excluding tert-OH is 1. The molecule has 0 radical (unpaired) electrons. The van der Waals surface area contributed by atoms with E-state index in [0.29, 0.717) is 30.3 Å². The number of hydrogen-bond acceptors (Lipinski definition) is 5. The van der Waals surface area contributed by atoms with E-state index < -0.39 is 6.04 Å². The number of esters is 1. The van der Waals surface area contributed by atoms with Gasteiger partial charge in [-0.15, -0.1) is 0 Å². The third-order valence-electron chi connectivity index (χ3n) is 4.22. The Labute approximate surface area is 138 Å². The Bertz CT molecular complexity index is 743. The number of nitrogens with zero attached hydrogens (tertiary/aromatic N) is 1. The average molecular weight is 339 g/mol. The van der Waals surface area contributed by atoms with Crippen LogP contribution in [0.3, 0.4) is 0 Å². The van der Waals surface area contributed by atoms with Gasteiger partial charge in [-0.25, -0.2) is 0 Å². The molecule has 2 heterocycles. The monoisotopic (exact) mass is 338 g/mol. The van der Waals surface area contributed by atoms with Crippen molar-refractivity contribution in [2.75, 3.05) is 20.4 Å². The molecule has 3 rings (SSSR count). The highest BCUT2D eigenvalue weighted by molar-refractivity contribution is 6.37. The first-order valence-corrected chi connectivity index (χ1v) is 7.85. The molecule has 0 fully saturated rings. The Morgan fingerprint density at radius 2 is 2.30 bits per heavy atom. The van der Waals surface area contributed by atoms with Crippen LogP contribution in [0, 0.1) is 0 Å². The summed E-state index contributed by atoms with van der Waals surface area (Å²) in [5, 5.41) is 11.0. The third kappa shape index (κ3) is 2.67. The van der Waals surface area contributed by atoms with E-state index in [1.807, 2.05) is 6.07 Å². The smallest absolute Gasteiger partial charge is 0.323 e. The summed E-state index contributed by atoms with van der Waals surface area (Å²) in [6.07, 6.45) is 0.432. The summed E-state index contributed by atoms with van der Waals surface area (Å²) >= 11 is 6.45. The third-order valence-corrected chi connectivity index (χ3v) is 4.59. The summed E-state index contributed by atoms with van der Waals surface area (Å²) < 4.78 is 10.4. The highest BCUT2D eigenvalue weighted by Gasteiger charge is 2.34. The van der Waals surface area contributed by atoms with Crippen LogP contribution in [0.5, 0.6) is 5.75 Å². The molecule has 124 valence electrons. The maximum absolute atomic E-state index is 12.2. The van der Waals surface area contributed by atoms with Crippen LogP contribution in [-0.2, 0) is 22.5 Å². The number of rotatable bonds is 4. The van der Waals surface area contributed by atoms with Crippen molar-refractivity contribution in [3.63, 3.8) is 0 Å². The maximum atomic E-state index is 12.2. The standard InChI is InChI=1S/C16H19ClN2O4/c1-3-23-16(21)12-6-9-11(7-19(12)8-20)18-10-4-5-13(22-2)15(17)14(9)10/h4-5,12,18,20H,3,6-8H2,1-2H3. The molecule has 6 nitrogen and oxygen atoms in total. The van der Waals surface area contributed by atoms with Gasteiger partial charge in [-0.05, 0) is 24.6 Å². The molecule has 2 aromatic rings. The summed E-state index contributed by atoms with van der Waals surface area (Å²) in [7, 11) is 1.57. The lowest BCUT2D eigenvalue weighted by atomic mass is 9.97. The van der Waals surface area contributed by atoms with E-state index in [4.69, 9.17) is 21.1 Å². The Balaban J connectivity index is 2.08. The minimum absolute atomic E-state index is 0.213. The molecule has 7 heteroatoms. The number of benzene rings is 1. The minimum Gasteiger partial charge on any atom is -0.495 e. The average Bonchev–Trinajstić information content (AvgIpc) is 2.92. The number of aromatic nitrogens is 1. The summed E-state index contributed by atoms with van der Waals surface area (Å²) in [5.74, 6) is 0.263. The number of hydrogen-bond donors (Lipinski definition) is 2. The van der Waals surface area contributed by atoms with Crippen molar-refractivity contribution in [3.8, 4) is 5.75 Å². The van der Waals surface area contributed by atoms with E-state index in [-0.39, 0.29) is 12.7 Å². The van der Waals surface area contributed by atoms with Crippen LogP contribution in [0.15, 0.2) is 12.1 Å². The van der Waals surface area contributed by atoms with Gasteiger partial charge in [0.2, 0.25) is 0 Å². The number of fused-ring (bicyclic) bond motifs is 3. The maximum Gasteiger partial charge on any atom is 0.323 e. The molecule has 1 aliphatic rings. The molecule has 0 saturated carbocycles. The van der Waals surface area contributed by atoms with Gasteiger partial charge in [-0.1, -0.05) is 11.6 Å². The molecule has 1 aliphatic heterocycles. The molecule has 0 aliphatic carbocycles. The van der Waals surface area contributed by atoms with E-state index in [1.165, 1.54) is 0 Å². The number of methoxy groups -OCH3 is 1. The lowest BCUT2D eigenvalue weighted by Crippen LogP contribution is -2.46. The number of H-pyrrole nitrogens is 1. The van der Waals surface area contributed by atoms with Crippen molar-refractivity contribution >= 4 is 28.5 Å². The lowest BCUT2D eigenvalue weighted by molar-refractivity contribution is -0.152. The van der Waals surface area contributed by atoms with Crippen molar-refractivity contribution < 1.29 is 19.4 Å². The summed E-state index contributed by atoms with van der Waals surface area (Å²) in [6.45, 7) is 2.30. The van der Waals surface area contributed by atoms with Crippen LogP contribution in [-0.4, -0.2) is 47.4 Å². The zero-order chi connectivity index (χ0) is 16.6. The van der Waals surface area contributed by atoms with E-state index in [1.54, 1.807) is 25.0 Å². The van der Waals surface area contributed by atoms with Gasteiger partial charge < -0.3 is 19.6 Å². The van der Waals surface area contributed by atoms with Crippen molar-refractivity contribution in [1.29, 1.82) is 0 Å². The first-order valence-electron chi connectivity index (χ1n) is 7.48. The molecular weight excluding hydrogens is 320 g/mol. The molecule has 0 amide bonds. The van der Waals surface area contributed by atoms with Crippen LogP contribution in [0.2, 0.25) is 5.02 Å². The van der Waals surface area contributed by atoms with Gasteiger partial charge in [0.05, 0.1) is 25.5 Å². The molecule has 2 N–H and O–H groups in total. The van der Waals surface area contributed by atoms with Crippen LogP contribution in [0.1, 0.15) is 18.2 Å². The first kappa shape index (κ1) is 16.1. The molecule has 1 aromatic heterocycles. The van der Waals surface area contributed by atoms with Gasteiger partial charge in [-0.3, -0.25) is 9.69 Å². The second kappa shape index (κ2) is 6.39. The minimum atomic E-state index is -0.520. The topological polar surface area (TPSA) is 74.8 Å². The number of aliphatic hydroxyl groups is 1. The van der Waals surface area contributed by atoms with E-state index in [9.17, 15) is 9.90 Å². The van der Waals surface area contributed by atoms with Gasteiger partial charge in [0.1, 0.15) is 11.8 Å². The van der Waals surface area contributed by atoms with Crippen molar-refractivity contribution in [1.82, 2.24) is 9.88 Å². The fourth-order valence-corrected chi connectivity index (χ4v) is 3.47. The molecule has 1 unspecified atom stereocenters. The molecule has 0 saturated heterocycles. The first-order chi connectivity index (χ1) is 11.1. The van der Waals surface area contributed by atoms with Gasteiger partial charge in [0, 0.05) is 29.6 Å². The molecule has 23 heavy (non-hydrogen) atoms. The van der Waals surface area contributed by atoms with Gasteiger partial charge in [-0.2, -0.15) is 0 Å². The van der Waals surface area contributed by atoms with E-state index in [0.717, 1.165) is 22.2 Å². The zero-order valence-electron chi connectivity index (χ0n) is 13.1. The van der Waals surface area contributed by atoms with Gasteiger partial charge in [0.15, 0.2) is 0 Å². The van der Waals surface area contributed by atoms with Crippen molar-refractivity contribution in [3.05, 3.63) is 28.4 Å². The SMILES string of the molecule is CCOC(=O)C1Cc2c([nH]c3ccc(OC)c(Cl)c23)CN1CO. The molecule has 1 atom stereocenters.